The molecule has 1 heterocycles. The lowest BCUT2D eigenvalue weighted by Gasteiger charge is -2.04. The van der Waals surface area contributed by atoms with Crippen molar-refractivity contribution in [3.63, 3.8) is 0 Å². The first-order chi connectivity index (χ1) is 7.56. The molecule has 1 aromatic carbocycles. The van der Waals surface area contributed by atoms with Gasteiger partial charge in [0.2, 0.25) is 0 Å². The topological polar surface area (TPSA) is 43.8 Å². The van der Waals surface area contributed by atoms with Crippen LogP contribution in [0.4, 0.5) is 5.82 Å². The molecule has 0 spiro atoms. The quantitative estimate of drug-likeness (QED) is 0.919. The second-order valence-corrected chi connectivity index (χ2v) is 4.99. The van der Waals surface area contributed by atoms with Gasteiger partial charge in [0.05, 0.1) is 11.0 Å². The molecule has 0 aliphatic carbocycles. The highest BCUT2D eigenvalue weighted by atomic mass is 79.9. The Bertz CT molecular complexity index is 505. The van der Waals surface area contributed by atoms with Crippen molar-refractivity contribution in [2.24, 2.45) is 0 Å². The lowest BCUT2D eigenvalue weighted by Crippen LogP contribution is -2.01. The van der Waals surface area contributed by atoms with Gasteiger partial charge in [-0.1, -0.05) is 29.3 Å². The van der Waals surface area contributed by atoms with E-state index in [-0.39, 0.29) is 0 Å². The summed E-state index contributed by atoms with van der Waals surface area (Å²) >= 11 is 15.2. The average molecular weight is 321 g/mol. The highest BCUT2D eigenvalue weighted by Crippen LogP contribution is 2.23. The second kappa shape index (κ2) is 4.65. The van der Waals surface area contributed by atoms with E-state index in [4.69, 9.17) is 28.9 Å². The van der Waals surface area contributed by atoms with Crippen LogP contribution in [0.2, 0.25) is 10.0 Å². The molecule has 3 nitrogen and oxygen atoms in total. The summed E-state index contributed by atoms with van der Waals surface area (Å²) < 4.78 is 2.49. The van der Waals surface area contributed by atoms with Gasteiger partial charge in [-0.2, -0.15) is 5.10 Å². The molecule has 0 fully saturated rings. The maximum Gasteiger partial charge on any atom is 0.159 e. The van der Waals surface area contributed by atoms with Crippen molar-refractivity contribution in [1.82, 2.24) is 9.78 Å². The van der Waals surface area contributed by atoms with Gasteiger partial charge in [0.15, 0.2) is 5.82 Å². The van der Waals surface area contributed by atoms with Gasteiger partial charge < -0.3 is 5.73 Å². The van der Waals surface area contributed by atoms with Crippen molar-refractivity contribution in [3.8, 4) is 0 Å². The van der Waals surface area contributed by atoms with Crippen molar-refractivity contribution in [2.75, 3.05) is 5.73 Å². The molecular weight excluding hydrogens is 313 g/mol. The van der Waals surface area contributed by atoms with Crippen LogP contribution in [0.3, 0.4) is 0 Å². The van der Waals surface area contributed by atoms with Gasteiger partial charge in [0.1, 0.15) is 0 Å². The van der Waals surface area contributed by atoms with Crippen molar-refractivity contribution in [3.05, 3.63) is 44.5 Å². The van der Waals surface area contributed by atoms with Crippen molar-refractivity contribution in [1.29, 1.82) is 0 Å². The number of nitrogens with two attached hydrogens (primary N) is 1. The van der Waals surface area contributed by atoms with Crippen LogP contribution in [-0.2, 0) is 6.54 Å². The summed E-state index contributed by atoms with van der Waals surface area (Å²) in [5.41, 5.74) is 6.57. The lowest BCUT2D eigenvalue weighted by atomic mass is 10.2. The molecule has 16 heavy (non-hydrogen) atoms. The fraction of sp³-hybridized carbons (Fsp3) is 0.100. The predicted octanol–water partition coefficient (Wildman–Crippen LogP) is 3.58. The van der Waals surface area contributed by atoms with E-state index in [9.17, 15) is 0 Å². The Hall–Kier alpha value is -0.710. The number of rotatable bonds is 2. The van der Waals surface area contributed by atoms with Crippen LogP contribution in [-0.4, -0.2) is 9.78 Å². The van der Waals surface area contributed by atoms with Gasteiger partial charge >= 0.3 is 0 Å². The molecule has 6 heteroatoms. The Morgan fingerprint density at radius 3 is 2.69 bits per heavy atom. The SMILES string of the molecule is Nc1nn(Cc2ccc(Cl)cc2Cl)cc1Br. The first kappa shape index (κ1) is 11.8. The van der Waals surface area contributed by atoms with E-state index in [1.165, 1.54) is 0 Å². The maximum atomic E-state index is 6.06. The summed E-state index contributed by atoms with van der Waals surface area (Å²) in [6.07, 6.45) is 1.81. The van der Waals surface area contributed by atoms with E-state index in [1.807, 2.05) is 6.07 Å². The third-order valence-corrected chi connectivity index (χ3v) is 3.29. The largest absolute Gasteiger partial charge is 0.381 e. The minimum atomic E-state index is 0.463. The van der Waals surface area contributed by atoms with E-state index < -0.39 is 0 Å². The van der Waals surface area contributed by atoms with Gasteiger partial charge in [-0.15, -0.1) is 0 Å². The zero-order valence-electron chi connectivity index (χ0n) is 8.12. The minimum Gasteiger partial charge on any atom is -0.381 e. The molecule has 84 valence electrons. The monoisotopic (exact) mass is 319 g/mol. The second-order valence-electron chi connectivity index (χ2n) is 3.30. The summed E-state index contributed by atoms with van der Waals surface area (Å²) in [6.45, 7) is 0.561. The van der Waals surface area contributed by atoms with Crippen LogP contribution in [0, 0.1) is 0 Å². The molecule has 2 rings (SSSR count). The molecule has 0 aliphatic heterocycles. The minimum absolute atomic E-state index is 0.463. The number of aromatic nitrogens is 2. The van der Waals surface area contributed by atoms with E-state index in [0.29, 0.717) is 22.4 Å². The van der Waals surface area contributed by atoms with Gasteiger partial charge in [0.25, 0.3) is 0 Å². The highest BCUT2D eigenvalue weighted by molar-refractivity contribution is 9.10. The molecule has 0 radical (unpaired) electrons. The standard InChI is InChI=1S/C10H8BrCl2N3/c11-8-5-16(15-10(8)14)4-6-1-2-7(12)3-9(6)13/h1-3,5H,4H2,(H2,14,15). The Morgan fingerprint density at radius 2 is 2.12 bits per heavy atom. The summed E-state index contributed by atoms with van der Waals surface area (Å²) in [5.74, 6) is 0.463. The van der Waals surface area contributed by atoms with E-state index in [1.54, 1.807) is 23.0 Å². The molecule has 0 aliphatic rings. The highest BCUT2D eigenvalue weighted by Gasteiger charge is 2.06. The summed E-state index contributed by atoms with van der Waals surface area (Å²) in [5, 5.41) is 5.37. The Labute approximate surface area is 111 Å². The predicted molar refractivity (Wildman–Crippen MR) is 69.9 cm³/mol. The van der Waals surface area contributed by atoms with Crippen LogP contribution in [0.15, 0.2) is 28.9 Å². The number of hydrogen-bond donors (Lipinski definition) is 1. The summed E-state index contributed by atoms with van der Waals surface area (Å²) in [4.78, 5) is 0. The molecule has 0 amide bonds. The molecular formula is C10H8BrCl2N3. The van der Waals surface area contributed by atoms with Crippen LogP contribution in [0.25, 0.3) is 0 Å². The fourth-order valence-electron chi connectivity index (χ4n) is 1.32. The van der Waals surface area contributed by atoms with Gasteiger partial charge in [-0.05, 0) is 33.6 Å². The molecule has 0 saturated carbocycles. The number of anilines is 1. The van der Waals surface area contributed by atoms with Gasteiger partial charge in [-0.25, -0.2) is 0 Å². The maximum absolute atomic E-state index is 6.06. The number of halogens is 3. The molecule has 0 saturated heterocycles. The molecule has 0 unspecified atom stereocenters. The fourth-order valence-corrected chi connectivity index (χ4v) is 2.10. The number of hydrogen-bond acceptors (Lipinski definition) is 2. The van der Waals surface area contributed by atoms with E-state index >= 15 is 0 Å². The molecule has 0 atom stereocenters. The Morgan fingerprint density at radius 1 is 1.38 bits per heavy atom. The van der Waals surface area contributed by atoms with Crippen LogP contribution in [0.1, 0.15) is 5.56 Å². The number of nitrogens with zero attached hydrogens (tertiary/aromatic N) is 2. The average Bonchev–Trinajstić information content (AvgIpc) is 2.51. The van der Waals surface area contributed by atoms with Gasteiger partial charge in [-0.3, -0.25) is 4.68 Å². The van der Waals surface area contributed by atoms with E-state index in [0.717, 1.165) is 10.0 Å². The van der Waals surface area contributed by atoms with Crippen LogP contribution >= 0.6 is 39.1 Å². The molecule has 1 aromatic heterocycles. The third-order valence-electron chi connectivity index (χ3n) is 2.09. The molecule has 2 aromatic rings. The lowest BCUT2D eigenvalue weighted by molar-refractivity contribution is 0.690. The van der Waals surface area contributed by atoms with Crippen molar-refractivity contribution in [2.45, 2.75) is 6.54 Å². The first-order valence-electron chi connectivity index (χ1n) is 4.48. The van der Waals surface area contributed by atoms with Crippen LogP contribution in [0.5, 0.6) is 0 Å². The van der Waals surface area contributed by atoms with Crippen molar-refractivity contribution >= 4 is 44.9 Å². The number of nitrogen functional groups attached to an aromatic ring is 1. The van der Waals surface area contributed by atoms with E-state index in [2.05, 4.69) is 21.0 Å². The molecule has 0 bridgehead atoms. The Balaban J connectivity index is 2.27. The van der Waals surface area contributed by atoms with Gasteiger partial charge in [0, 0.05) is 16.2 Å². The normalized spacial score (nSPS) is 10.7. The third kappa shape index (κ3) is 2.51. The number of benzene rings is 1. The smallest absolute Gasteiger partial charge is 0.159 e. The first-order valence-corrected chi connectivity index (χ1v) is 6.03. The summed E-state index contributed by atoms with van der Waals surface area (Å²) in [7, 11) is 0. The van der Waals surface area contributed by atoms with Crippen LogP contribution < -0.4 is 5.73 Å². The zero-order chi connectivity index (χ0) is 11.7. The summed E-state index contributed by atoms with van der Waals surface area (Å²) in [6, 6.07) is 5.38. The van der Waals surface area contributed by atoms with Crippen molar-refractivity contribution < 1.29 is 0 Å². The zero-order valence-corrected chi connectivity index (χ0v) is 11.2. The Kier molecular flexibility index (Phi) is 3.42. The molecule has 2 N–H and O–H groups in total.